The molecule has 3 rings (SSSR count). The molecule has 1 heterocycles. The average molecular weight is 325 g/mol. The van der Waals surface area contributed by atoms with E-state index in [9.17, 15) is 4.79 Å². The topological polar surface area (TPSA) is 65.4 Å². The minimum absolute atomic E-state index is 0.0691. The first-order valence-corrected chi connectivity index (χ1v) is 7.63. The molecule has 2 aromatic carbocycles. The van der Waals surface area contributed by atoms with E-state index in [0.29, 0.717) is 18.7 Å². The van der Waals surface area contributed by atoms with Crippen LogP contribution in [0.25, 0.3) is 10.9 Å². The summed E-state index contributed by atoms with van der Waals surface area (Å²) in [4.78, 5) is 12.1. The molecule has 0 atom stereocenters. The Balaban J connectivity index is 1.63. The number of carbonyl (C=O) groups excluding carboxylic acids is 1. The lowest BCUT2D eigenvalue weighted by molar-refractivity contribution is -0.116. The number of ether oxygens (including phenoxy) is 2. The summed E-state index contributed by atoms with van der Waals surface area (Å²) in [7, 11) is 3.23. The van der Waals surface area contributed by atoms with Gasteiger partial charge in [-0.1, -0.05) is 6.07 Å². The average Bonchev–Trinajstić information content (AvgIpc) is 3.02. The predicted molar refractivity (Wildman–Crippen MR) is 92.5 cm³/mol. The molecular weight excluding hydrogens is 306 g/mol. The third kappa shape index (κ3) is 3.48. The Hall–Kier alpha value is -3.02. The summed E-state index contributed by atoms with van der Waals surface area (Å²) in [5.41, 5.74) is 1.69. The monoisotopic (exact) mass is 325 g/mol. The lowest BCUT2D eigenvalue weighted by Crippen LogP contribution is -2.15. The van der Waals surface area contributed by atoms with E-state index in [-0.39, 0.29) is 5.91 Å². The molecule has 0 saturated carbocycles. The smallest absolute Gasteiger partial charge is 0.226 e. The lowest BCUT2D eigenvalue weighted by atomic mass is 10.2. The Morgan fingerprint density at radius 3 is 2.71 bits per heavy atom. The zero-order chi connectivity index (χ0) is 16.9. The zero-order valence-corrected chi connectivity index (χ0v) is 13.7. The minimum Gasteiger partial charge on any atom is -0.497 e. The minimum atomic E-state index is -0.0691. The molecule has 6 heteroatoms. The van der Waals surface area contributed by atoms with Gasteiger partial charge in [0.15, 0.2) is 0 Å². The van der Waals surface area contributed by atoms with Crippen molar-refractivity contribution < 1.29 is 14.3 Å². The number of hydrogen-bond donors (Lipinski definition) is 1. The molecule has 0 spiro atoms. The third-order valence-corrected chi connectivity index (χ3v) is 3.75. The third-order valence-electron chi connectivity index (χ3n) is 3.75. The van der Waals surface area contributed by atoms with Gasteiger partial charge in [-0.2, -0.15) is 5.10 Å². The Bertz CT molecular complexity index is 858. The summed E-state index contributed by atoms with van der Waals surface area (Å²) in [6.45, 7) is 0.506. The standard InChI is InChI=1S/C18H19N3O3/c1-23-15-5-3-4-14(11-15)20-18(22)8-9-21-17-7-6-16(24-2)10-13(17)12-19-21/h3-7,10-12H,8-9H2,1-2H3,(H,20,22). The Morgan fingerprint density at radius 2 is 1.92 bits per heavy atom. The van der Waals surface area contributed by atoms with Crippen LogP contribution in [0.1, 0.15) is 6.42 Å². The van der Waals surface area contributed by atoms with Crippen molar-refractivity contribution in [3.63, 3.8) is 0 Å². The molecule has 0 aliphatic carbocycles. The first-order valence-electron chi connectivity index (χ1n) is 7.63. The molecule has 0 unspecified atom stereocenters. The molecule has 0 aliphatic rings. The van der Waals surface area contributed by atoms with Crippen LogP contribution in [-0.2, 0) is 11.3 Å². The molecule has 0 radical (unpaired) electrons. The summed E-state index contributed by atoms with van der Waals surface area (Å²) in [5.74, 6) is 1.43. The van der Waals surface area contributed by atoms with Crippen LogP contribution in [0.2, 0.25) is 0 Å². The van der Waals surface area contributed by atoms with Crippen molar-refractivity contribution >= 4 is 22.5 Å². The van der Waals surface area contributed by atoms with Crippen molar-refractivity contribution in [2.45, 2.75) is 13.0 Å². The van der Waals surface area contributed by atoms with Crippen molar-refractivity contribution in [1.82, 2.24) is 9.78 Å². The van der Waals surface area contributed by atoms with Gasteiger partial charge < -0.3 is 14.8 Å². The number of aryl methyl sites for hydroxylation is 1. The molecule has 6 nitrogen and oxygen atoms in total. The summed E-state index contributed by atoms with van der Waals surface area (Å²) in [6, 6.07) is 13.0. The first kappa shape index (κ1) is 15.9. The van der Waals surface area contributed by atoms with Crippen LogP contribution in [0, 0.1) is 0 Å². The molecule has 0 bridgehead atoms. The summed E-state index contributed by atoms with van der Waals surface area (Å²) < 4.78 is 12.2. The fourth-order valence-corrected chi connectivity index (χ4v) is 2.50. The fraction of sp³-hybridized carbons (Fsp3) is 0.222. The Kier molecular flexibility index (Phi) is 4.65. The maximum atomic E-state index is 12.1. The van der Waals surface area contributed by atoms with Gasteiger partial charge in [0.05, 0.1) is 32.5 Å². The molecule has 24 heavy (non-hydrogen) atoms. The lowest BCUT2D eigenvalue weighted by Gasteiger charge is -2.08. The van der Waals surface area contributed by atoms with E-state index < -0.39 is 0 Å². The van der Waals surface area contributed by atoms with E-state index in [0.717, 1.165) is 22.3 Å². The van der Waals surface area contributed by atoms with Crippen molar-refractivity contribution in [2.75, 3.05) is 19.5 Å². The van der Waals surface area contributed by atoms with Gasteiger partial charge in [0.25, 0.3) is 0 Å². The van der Waals surface area contributed by atoms with Gasteiger partial charge in [0, 0.05) is 23.6 Å². The van der Waals surface area contributed by atoms with Gasteiger partial charge in [-0.05, 0) is 30.3 Å². The molecule has 1 amide bonds. The fourth-order valence-electron chi connectivity index (χ4n) is 2.50. The highest BCUT2D eigenvalue weighted by atomic mass is 16.5. The van der Waals surface area contributed by atoms with Crippen molar-refractivity contribution in [2.24, 2.45) is 0 Å². The summed E-state index contributed by atoms with van der Waals surface area (Å²) in [6.07, 6.45) is 2.11. The van der Waals surface area contributed by atoms with E-state index in [2.05, 4.69) is 10.4 Å². The quantitative estimate of drug-likeness (QED) is 0.756. The largest absolute Gasteiger partial charge is 0.497 e. The number of rotatable bonds is 6. The SMILES string of the molecule is COc1cccc(NC(=O)CCn2ncc3cc(OC)ccc32)c1. The van der Waals surface area contributed by atoms with Crippen molar-refractivity contribution in [3.05, 3.63) is 48.7 Å². The number of anilines is 1. The van der Waals surface area contributed by atoms with Gasteiger partial charge in [-0.15, -0.1) is 0 Å². The molecular formula is C18H19N3O3. The number of methoxy groups -OCH3 is 2. The second-order valence-electron chi connectivity index (χ2n) is 5.32. The van der Waals surface area contributed by atoms with Crippen LogP contribution < -0.4 is 14.8 Å². The number of benzene rings is 2. The number of aromatic nitrogens is 2. The number of nitrogens with zero attached hydrogens (tertiary/aromatic N) is 2. The van der Waals surface area contributed by atoms with E-state index in [1.807, 2.05) is 41.1 Å². The number of carbonyl (C=O) groups is 1. The second-order valence-corrected chi connectivity index (χ2v) is 5.32. The van der Waals surface area contributed by atoms with Gasteiger partial charge in [0.1, 0.15) is 11.5 Å². The maximum absolute atomic E-state index is 12.1. The molecule has 1 N–H and O–H groups in total. The van der Waals surface area contributed by atoms with Crippen LogP contribution in [0.3, 0.4) is 0 Å². The van der Waals surface area contributed by atoms with Crippen LogP contribution in [-0.4, -0.2) is 29.9 Å². The molecule has 0 aliphatic heterocycles. The van der Waals surface area contributed by atoms with E-state index in [1.165, 1.54) is 0 Å². The number of fused-ring (bicyclic) bond motifs is 1. The highest BCUT2D eigenvalue weighted by molar-refractivity contribution is 5.91. The predicted octanol–water partition coefficient (Wildman–Crippen LogP) is 3.08. The Labute approximate surface area is 140 Å². The highest BCUT2D eigenvalue weighted by Crippen LogP contribution is 2.21. The highest BCUT2D eigenvalue weighted by Gasteiger charge is 2.08. The van der Waals surface area contributed by atoms with Crippen LogP contribution >= 0.6 is 0 Å². The van der Waals surface area contributed by atoms with Crippen molar-refractivity contribution in [1.29, 1.82) is 0 Å². The number of hydrogen-bond acceptors (Lipinski definition) is 4. The van der Waals surface area contributed by atoms with E-state index >= 15 is 0 Å². The Morgan fingerprint density at radius 1 is 1.12 bits per heavy atom. The summed E-state index contributed by atoms with van der Waals surface area (Å²) in [5, 5.41) is 8.19. The second kappa shape index (κ2) is 7.04. The first-order chi connectivity index (χ1) is 11.7. The van der Waals surface area contributed by atoms with Gasteiger partial charge >= 0.3 is 0 Å². The zero-order valence-electron chi connectivity index (χ0n) is 13.7. The number of nitrogens with one attached hydrogen (secondary N) is 1. The van der Waals surface area contributed by atoms with Crippen LogP contribution in [0.5, 0.6) is 11.5 Å². The van der Waals surface area contributed by atoms with E-state index in [4.69, 9.17) is 9.47 Å². The van der Waals surface area contributed by atoms with E-state index in [1.54, 1.807) is 26.5 Å². The molecule has 0 fully saturated rings. The van der Waals surface area contributed by atoms with Gasteiger partial charge in [-0.25, -0.2) is 0 Å². The maximum Gasteiger partial charge on any atom is 0.226 e. The van der Waals surface area contributed by atoms with Gasteiger partial charge in [0.2, 0.25) is 5.91 Å². The molecule has 3 aromatic rings. The molecule has 124 valence electrons. The van der Waals surface area contributed by atoms with Crippen molar-refractivity contribution in [3.8, 4) is 11.5 Å². The van der Waals surface area contributed by atoms with Crippen LogP contribution in [0.4, 0.5) is 5.69 Å². The van der Waals surface area contributed by atoms with Gasteiger partial charge in [-0.3, -0.25) is 9.48 Å². The van der Waals surface area contributed by atoms with Crippen LogP contribution in [0.15, 0.2) is 48.7 Å². The number of amides is 1. The summed E-state index contributed by atoms with van der Waals surface area (Å²) >= 11 is 0. The normalized spacial score (nSPS) is 10.6. The molecule has 1 aromatic heterocycles. The molecule has 0 saturated heterocycles.